The van der Waals surface area contributed by atoms with E-state index in [1.54, 1.807) is 11.6 Å². The summed E-state index contributed by atoms with van der Waals surface area (Å²) in [5.41, 5.74) is 1.90. The molecular weight excluding hydrogens is 346 g/mol. The lowest BCUT2D eigenvalue weighted by molar-refractivity contribution is -0.123. The molecule has 1 aromatic heterocycles. The molecule has 24 heavy (non-hydrogen) atoms. The highest BCUT2D eigenvalue weighted by Gasteiger charge is 2.35. The summed E-state index contributed by atoms with van der Waals surface area (Å²) in [5.74, 6) is -0.936. The number of hydrogen-bond donors (Lipinski definition) is 1. The second-order valence-electron chi connectivity index (χ2n) is 5.02. The lowest BCUT2D eigenvalue weighted by Crippen LogP contribution is -2.28. The van der Waals surface area contributed by atoms with Crippen LogP contribution in [-0.2, 0) is 16.1 Å². The molecule has 0 saturated carbocycles. The van der Waals surface area contributed by atoms with Crippen LogP contribution in [-0.4, -0.2) is 26.9 Å². The first-order valence-corrected chi connectivity index (χ1v) is 8.74. The first kappa shape index (κ1) is 16.4. The smallest absolute Gasteiger partial charge is 0.293 e. The Balaban J connectivity index is 1.73. The van der Waals surface area contributed by atoms with Gasteiger partial charge in [0.05, 0.1) is 11.4 Å². The maximum Gasteiger partial charge on any atom is 0.293 e. The summed E-state index contributed by atoms with van der Waals surface area (Å²) in [7, 11) is 0. The molecule has 6 nitrogen and oxygen atoms in total. The van der Waals surface area contributed by atoms with E-state index in [0.29, 0.717) is 5.13 Å². The number of nitrogens with one attached hydrogen (secondary N) is 1. The van der Waals surface area contributed by atoms with Crippen LogP contribution < -0.4 is 5.32 Å². The lowest BCUT2D eigenvalue weighted by Gasteiger charge is -2.14. The van der Waals surface area contributed by atoms with Crippen molar-refractivity contribution < 1.29 is 14.4 Å². The van der Waals surface area contributed by atoms with Gasteiger partial charge in [0.2, 0.25) is 0 Å². The Morgan fingerprint density at radius 3 is 2.83 bits per heavy atom. The molecule has 1 aliphatic heterocycles. The maximum absolute atomic E-state index is 12.4. The Labute approximate surface area is 146 Å². The van der Waals surface area contributed by atoms with Crippen molar-refractivity contribution in [2.45, 2.75) is 13.5 Å². The average molecular weight is 359 g/mol. The molecular formula is C16H13N3O3S2. The first-order valence-electron chi connectivity index (χ1n) is 7.05. The summed E-state index contributed by atoms with van der Waals surface area (Å²) in [6.45, 7) is 2.12. The van der Waals surface area contributed by atoms with Gasteiger partial charge in [-0.25, -0.2) is 4.98 Å². The van der Waals surface area contributed by atoms with Crippen molar-refractivity contribution in [2.24, 2.45) is 0 Å². The van der Waals surface area contributed by atoms with Gasteiger partial charge in [0.25, 0.3) is 17.1 Å². The van der Waals surface area contributed by atoms with Crippen molar-refractivity contribution in [1.82, 2.24) is 9.88 Å². The molecule has 3 amide bonds. The summed E-state index contributed by atoms with van der Waals surface area (Å²) in [4.78, 5) is 41.6. The number of thioether (sulfide) groups is 1. The molecule has 2 heterocycles. The van der Waals surface area contributed by atoms with E-state index >= 15 is 0 Å². The van der Waals surface area contributed by atoms with Gasteiger partial charge in [0.15, 0.2) is 5.13 Å². The summed E-state index contributed by atoms with van der Waals surface area (Å²) < 4.78 is 0. The van der Waals surface area contributed by atoms with Crippen molar-refractivity contribution in [3.63, 3.8) is 0 Å². The highest BCUT2D eigenvalue weighted by Crippen LogP contribution is 2.32. The third-order valence-corrected chi connectivity index (χ3v) is 4.98. The SMILES string of the molecule is Cc1ccccc1CN1C(=O)SC(=CC(=O)Nc2nccs2)C1=O. The number of hydrogen-bond acceptors (Lipinski definition) is 6. The molecule has 8 heteroatoms. The summed E-state index contributed by atoms with van der Waals surface area (Å²) in [6.07, 6.45) is 2.71. The molecule has 1 saturated heterocycles. The highest BCUT2D eigenvalue weighted by atomic mass is 32.2. The Morgan fingerprint density at radius 1 is 1.33 bits per heavy atom. The number of aryl methyl sites for hydroxylation is 1. The molecule has 0 aliphatic carbocycles. The molecule has 1 aromatic carbocycles. The molecule has 1 fully saturated rings. The van der Waals surface area contributed by atoms with E-state index < -0.39 is 11.8 Å². The van der Waals surface area contributed by atoms with Gasteiger partial charge < -0.3 is 0 Å². The van der Waals surface area contributed by atoms with Crippen molar-refractivity contribution in [1.29, 1.82) is 0 Å². The van der Waals surface area contributed by atoms with E-state index in [2.05, 4.69) is 10.3 Å². The minimum absolute atomic E-state index is 0.114. The van der Waals surface area contributed by atoms with E-state index in [4.69, 9.17) is 0 Å². The zero-order chi connectivity index (χ0) is 17.1. The van der Waals surface area contributed by atoms with Gasteiger partial charge >= 0.3 is 0 Å². The quantitative estimate of drug-likeness (QED) is 0.848. The second-order valence-corrected chi connectivity index (χ2v) is 6.91. The summed E-state index contributed by atoms with van der Waals surface area (Å²) in [5, 5.41) is 4.34. The van der Waals surface area contributed by atoms with Crippen LogP contribution in [0.2, 0.25) is 0 Å². The van der Waals surface area contributed by atoms with Crippen LogP contribution >= 0.6 is 23.1 Å². The number of aromatic nitrogens is 1. The molecule has 122 valence electrons. The standard InChI is InChI=1S/C16H13N3O3S2/c1-10-4-2-3-5-11(10)9-19-14(21)12(24-16(19)22)8-13(20)18-15-17-6-7-23-15/h2-8H,9H2,1H3,(H,17,18,20). The van der Waals surface area contributed by atoms with E-state index in [0.717, 1.165) is 33.9 Å². The van der Waals surface area contributed by atoms with Crippen LogP contribution in [0.1, 0.15) is 11.1 Å². The van der Waals surface area contributed by atoms with Gasteiger partial charge in [-0.3, -0.25) is 24.6 Å². The fraction of sp³-hybridized carbons (Fsp3) is 0.125. The van der Waals surface area contributed by atoms with E-state index in [-0.39, 0.29) is 16.7 Å². The third kappa shape index (κ3) is 3.55. The van der Waals surface area contributed by atoms with E-state index in [1.165, 1.54) is 11.3 Å². The number of anilines is 1. The number of benzene rings is 1. The number of carbonyl (C=O) groups is 3. The topological polar surface area (TPSA) is 79.4 Å². The summed E-state index contributed by atoms with van der Waals surface area (Å²) >= 11 is 2.04. The van der Waals surface area contributed by atoms with Crippen molar-refractivity contribution >= 4 is 45.3 Å². The predicted molar refractivity (Wildman–Crippen MR) is 93.5 cm³/mol. The van der Waals surface area contributed by atoms with Gasteiger partial charge in [-0.05, 0) is 29.8 Å². The normalized spacial score (nSPS) is 16.0. The third-order valence-electron chi connectivity index (χ3n) is 3.39. The minimum atomic E-state index is -0.480. The minimum Gasteiger partial charge on any atom is -0.298 e. The van der Waals surface area contributed by atoms with Crippen LogP contribution in [0.4, 0.5) is 9.93 Å². The Kier molecular flexibility index (Phi) is 4.77. The Morgan fingerprint density at radius 2 is 2.12 bits per heavy atom. The second kappa shape index (κ2) is 6.98. The van der Waals surface area contributed by atoms with Gasteiger partial charge in [0, 0.05) is 17.7 Å². The summed E-state index contributed by atoms with van der Waals surface area (Å²) in [6, 6.07) is 7.55. The number of rotatable bonds is 4. The Bertz CT molecular complexity index is 831. The average Bonchev–Trinajstić information content (AvgIpc) is 3.13. The number of imide groups is 1. The number of nitrogens with zero attached hydrogens (tertiary/aromatic N) is 2. The van der Waals surface area contributed by atoms with Crippen LogP contribution in [0.25, 0.3) is 0 Å². The predicted octanol–water partition coefficient (Wildman–Crippen LogP) is 3.17. The van der Waals surface area contributed by atoms with Crippen LogP contribution in [0.5, 0.6) is 0 Å². The number of thiazole rings is 1. The highest BCUT2D eigenvalue weighted by molar-refractivity contribution is 8.18. The maximum atomic E-state index is 12.4. The lowest BCUT2D eigenvalue weighted by atomic mass is 10.1. The van der Waals surface area contributed by atoms with E-state index in [1.807, 2.05) is 31.2 Å². The molecule has 1 N–H and O–H groups in total. The monoisotopic (exact) mass is 359 g/mol. The van der Waals surface area contributed by atoms with Crippen LogP contribution in [0, 0.1) is 6.92 Å². The molecule has 0 bridgehead atoms. The van der Waals surface area contributed by atoms with Gasteiger partial charge in [0.1, 0.15) is 0 Å². The van der Waals surface area contributed by atoms with Crippen LogP contribution in [0.3, 0.4) is 0 Å². The molecule has 0 unspecified atom stereocenters. The Hall–Kier alpha value is -2.45. The fourth-order valence-corrected chi connectivity index (χ4v) is 3.48. The van der Waals surface area contributed by atoms with Crippen molar-refractivity contribution in [3.05, 3.63) is 58.0 Å². The van der Waals surface area contributed by atoms with Gasteiger partial charge in [-0.15, -0.1) is 11.3 Å². The molecule has 3 rings (SSSR count). The molecule has 0 radical (unpaired) electrons. The van der Waals surface area contributed by atoms with Crippen LogP contribution in [0.15, 0.2) is 46.8 Å². The number of carbonyl (C=O) groups excluding carboxylic acids is 3. The zero-order valence-corrected chi connectivity index (χ0v) is 14.3. The van der Waals surface area contributed by atoms with Crippen molar-refractivity contribution in [2.75, 3.05) is 5.32 Å². The van der Waals surface area contributed by atoms with Gasteiger partial charge in [-0.2, -0.15) is 0 Å². The largest absolute Gasteiger partial charge is 0.298 e. The fourth-order valence-electron chi connectivity index (χ4n) is 2.14. The van der Waals surface area contributed by atoms with Crippen molar-refractivity contribution in [3.8, 4) is 0 Å². The first-order chi connectivity index (χ1) is 11.5. The molecule has 0 spiro atoms. The zero-order valence-electron chi connectivity index (χ0n) is 12.7. The van der Waals surface area contributed by atoms with Gasteiger partial charge in [-0.1, -0.05) is 24.3 Å². The molecule has 2 aromatic rings. The number of amides is 3. The van der Waals surface area contributed by atoms with E-state index in [9.17, 15) is 14.4 Å². The molecule has 1 aliphatic rings. The molecule has 0 atom stereocenters.